The topological polar surface area (TPSA) is 168 Å². The van der Waals surface area contributed by atoms with Gasteiger partial charge in [0.05, 0.1) is 35.0 Å². The summed E-state index contributed by atoms with van der Waals surface area (Å²) in [6.45, 7) is 4.74. The maximum Gasteiger partial charge on any atom is 0.258 e. The molecule has 2 aliphatic rings. The predicted octanol–water partition coefficient (Wildman–Crippen LogP) is 4.93. The van der Waals surface area contributed by atoms with Gasteiger partial charge in [-0.05, 0) is 53.6 Å². The number of carbonyl (C=O) groups is 2. The Morgan fingerprint density at radius 1 is 1.00 bits per heavy atom. The molecular formula is C40H42Cl2F3N7O6. The van der Waals surface area contributed by atoms with Gasteiger partial charge in [-0.1, -0.05) is 48.0 Å². The number of benzene rings is 2. The van der Waals surface area contributed by atoms with Crippen LogP contribution in [0.3, 0.4) is 0 Å². The molecule has 2 aromatic carbocycles. The van der Waals surface area contributed by atoms with Gasteiger partial charge in [-0.15, -0.1) is 0 Å². The van der Waals surface area contributed by atoms with E-state index in [-0.39, 0.29) is 47.0 Å². The molecule has 0 bridgehead atoms. The summed E-state index contributed by atoms with van der Waals surface area (Å²) in [4.78, 5) is 33.4. The van der Waals surface area contributed by atoms with Gasteiger partial charge in [-0.3, -0.25) is 9.59 Å². The number of pyridine rings is 1. The lowest BCUT2D eigenvalue weighted by Crippen LogP contribution is -2.38. The highest BCUT2D eigenvalue weighted by molar-refractivity contribution is 6.31. The van der Waals surface area contributed by atoms with Crippen molar-refractivity contribution in [1.29, 1.82) is 5.26 Å². The Kier molecular flexibility index (Phi) is 16.9. The molecule has 308 valence electrons. The monoisotopic (exact) mass is 843 g/mol. The summed E-state index contributed by atoms with van der Waals surface area (Å²) in [5.41, 5.74) is 1.19. The summed E-state index contributed by atoms with van der Waals surface area (Å²) in [5.74, 6) is -3.41. The number of alkyl halides is 1. The van der Waals surface area contributed by atoms with E-state index in [1.807, 2.05) is 6.07 Å². The third kappa shape index (κ3) is 12.7. The summed E-state index contributed by atoms with van der Waals surface area (Å²) in [6, 6.07) is 13.7. The molecule has 0 spiro atoms. The summed E-state index contributed by atoms with van der Waals surface area (Å²) >= 11 is 11.8. The first kappa shape index (κ1) is 44.1. The average Bonchev–Trinajstić information content (AvgIpc) is 3.59. The van der Waals surface area contributed by atoms with Crippen molar-refractivity contribution >= 4 is 40.9 Å². The molecule has 6 unspecified atom stereocenters. The lowest BCUT2D eigenvalue weighted by molar-refractivity contribution is -0.124. The molecule has 2 saturated heterocycles. The van der Waals surface area contributed by atoms with Crippen LogP contribution < -0.4 is 26.0 Å². The molecule has 3 aromatic rings. The Hall–Kier alpha value is -5.02. The van der Waals surface area contributed by atoms with Crippen molar-refractivity contribution in [2.75, 3.05) is 59.1 Å². The van der Waals surface area contributed by atoms with E-state index in [1.54, 1.807) is 18.2 Å². The van der Waals surface area contributed by atoms with Crippen LogP contribution in [0, 0.1) is 34.8 Å². The summed E-state index contributed by atoms with van der Waals surface area (Å²) in [7, 11) is 0. The minimum atomic E-state index is -1.91. The van der Waals surface area contributed by atoms with Crippen LogP contribution in [0.25, 0.3) is 0 Å². The highest BCUT2D eigenvalue weighted by Crippen LogP contribution is 2.32. The number of aliphatic imine (C=N–C) groups is 1. The molecule has 1 aromatic heterocycles. The molecular weight excluding hydrogens is 802 g/mol. The number of nitrogens with zero attached hydrogens (tertiary/aromatic N) is 3. The van der Waals surface area contributed by atoms with Gasteiger partial charge >= 0.3 is 0 Å². The first-order valence-corrected chi connectivity index (χ1v) is 19.0. The molecule has 58 heavy (non-hydrogen) atoms. The average molecular weight is 845 g/mol. The lowest BCUT2D eigenvalue weighted by atomic mass is 9.95. The van der Waals surface area contributed by atoms with Gasteiger partial charge in [0.15, 0.2) is 19.4 Å². The fourth-order valence-corrected chi connectivity index (χ4v) is 6.50. The largest absolute Gasteiger partial charge is 0.468 e. The predicted molar refractivity (Wildman–Crippen MR) is 210 cm³/mol. The minimum Gasteiger partial charge on any atom is -0.468 e. The minimum absolute atomic E-state index is 0.0121. The zero-order valence-corrected chi connectivity index (χ0v) is 32.7. The van der Waals surface area contributed by atoms with Crippen LogP contribution in [0.2, 0.25) is 10.0 Å². The molecule has 4 N–H and O–H groups in total. The highest BCUT2D eigenvalue weighted by Gasteiger charge is 2.31. The summed E-state index contributed by atoms with van der Waals surface area (Å²) in [6.07, 6.45) is 1.16. The van der Waals surface area contributed by atoms with Gasteiger partial charge in [0.2, 0.25) is 11.8 Å². The number of hydrogen-bond donors (Lipinski definition) is 4. The number of hydrogen-bond acceptors (Lipinski definition) is 11. The summed E-state index contributed by atoms with van der Waals surface area (Å²) in [5, 5.41) is 21.2. The van der Waals surface area contributed by atoms with Gasteiger partial charge in [0, 0.05) is 63.5 Å². The molecule has 0 aliphatic carbocycles. The normalized spacial score (nSPS) is 21.9. The fraction of sp³-hybridized carbons (Fsp3) is 0.375. The van der Waals surface area contributed by atoms with E-state index >= 15 is 4.39 Å². The summed E-state index contributed by atoms with van der Waals surface area (Å²) < 4.78 is 67.7. The number of nitriles is 1. The number of rotatable bonds is 15. The number of amides is 2. The van der Waals surface area contributed by atoms with Crippen LogP contribution >= 0.6 is 23.2 Å². The van der Waals surface area contributed by atoms with Gasteiger partial charge in [0.1, 0.15) is 23.3 Å². The van der Waals surface area contributed by atoms with Gasteiger partial charge in [0.25, 0.3) is 11.8 Å². The van der Waals surface area contributed by atoms with Crippen LogP contribution in [-0.4, -0.2) is 94.1 Å². The highest BCUT2D eigenvalue weighted by atomic mass is 35.5. The van der Waals surface area contributed by atoms with E-state index in [0.29, 0.717) is 37.4 Å². The van der Waals surface area contributed by atoms with E-state index in [9.17, 15) is 23.6 Å². The molecule has 0 saturated carbocycles. The van der Waals surface area contributed by atoms with Crippen molar-refractivity contribution < 1.29 is 41.7 Å². The molecule has 0 radical (unpaired) electrons. The van der Waals surface area contributed by atoms with Crippen LogP contribution in [0.15, 0.2) is 84.7 Å². The number of ether oxygens (including phenoxy) is 4. The molecule has 6 atom stereocenters. The Labute approximate surface area is 343 Å². The number of carbonyl (C=O) groups excluding carboxylic acids is 2. The first-order valence-electron chi connectivity index (χ1n) is 18.3. The molecule has 2 amide bonds. The van der Waals surface area contributed by atoms with Crippen molar-refractivity contribution in [3.8, 4) is 11.9 Å². The quantitative estimate of drug-likeness (QED) is 0.0937. The second-order valence-corrected chi connectivity index (χ2v) is 14.0. The van der Waals surface area contributed by atoms with Crippen LogP contribution in [0.1, 0.15) is 28.9 Å². The molecule has 3 heterocycles. The molecule has 5 rings (SSSR count). The fourth-order valence-electron chi connectivity index (χ4n) is 6.26. The maximum atomic E-state index is 15.6. The molecule has 2 fully saturated rings. The Morgan fingerprint density at radius 2 is 1.66 bits per heavy atom. The zero-order chi connectivity index (χ0) is 41.4. The van der Waals surface area contributed by atoms with E-state index in [4.69, 9.17) is 42.1 Å². The number of aromatic nitrogens is 1. The maximum absolute atomic E-state index is 15.6. The Bertz CT molecular complexity index is 2000. The van der Waals surface area contributed by atoms with E-state index in [1.165, 1.54) is 42.6 Å². The number of nitrogens with one attached hydrogen (secondary N) is 4. The van der Waals surface area contributed by atoms with Crippen molar-refractivity contribution in [2.45, 2.75) is 24.5 Å². The van der Waals surface area contributed by atoms with Crippen LogP contribution in [-0.2, 0) is 23.8 Å². The second-order valence-electron chi connectivity index (χ2n) is 13.2. The van der Waals surface area contributed by atoms with Crippen molar-refractivity contribution in [3.63, 3.8) is 0 Å². The van der Waals surface area contributed by atoms with E-state index in [2.05, 4.69) is 37.8 Å². The van der Waals surface area contributed by atoms with Crippen molar-refractivity contribution in [2.24, 2.45) is 16.8 Å². The standard InChI is InChI=1S/C40H42Cl2F3N7O6/c1-2-49-40(57-23-36(54)51-19-27-17-47-12-13-55-37(27)24-5-8-30(41)33(44)14-24)32(43)10-7-29-21-48-18-28(38(58-29)25-6-9-31(42)34(45)15-25)20-52-35(53)22-56-39-26(16-46)4-3-11-50-39/h2-11,14-15,27-29,32,37-38,47-48H,1,12-13,17-23H2,(H,51,54)(H,52,53)/b10-7+,49-40?. The third-order valence-corrected chi connectivity index (χ3v) is 9.72. The molecule has 13 nitrogen and oxygen atoms in total. The van der Waals surface area contributed by atoms with Gasteiger partial charge in [-0.25, -0.2) is 23.1 Å². The number of halogens is 5. The van der Waals surface area contributed by atoms with Gasteiger partial charge < -0.3 is 40.2 Å². The van der Waals surface area contributed by atoms with Crippen molar-refractivity contribution in [1.82, 2.24) is 26.3 Å². The second kappa shape index (κ2) is 22.2. The zero-order valence-electron chi connectivity index (χ0n) is 31.1. The SMILES string of the molecule is C=CN=C(OCC(=O)NCC1CNCCOC1c1ccc(Cl)c(F)c1)C(F)/C=C/C1CNCC(CNC(=O)COc2ncccc2C#N)C(c2ccc(Cl)c(F)c2)O1. The first-order chi connectivity index (χ1) is 28.1. The van der Waals surface area contributed by atoms with Crippen molar-refractivity contribution in [3.05, 3.63) is 118 Å². The Morgan fingerprint density at radius 3 is 2.33 bits per heavy atom. The smallest absolute Gasteiger partial charge is 0.258 e. The van der Waals surface area contributed by atoms with Crippen LogP contribution in [0.4, 0.5) is 13.2 Å². The molecule has 2 aliphatic heterocycles. The van der Waals surface area contributed by atoms with Crippen LogP contribution in [0.5, 0.6) is 5.88 Å². The third-order valence-electron chi connectivity index (χ3n) is 9.11. The van der Waals surface area contributed by atoms with E-state index in [0.717, 1.165) is 12.3 Å². The van der Waals surface area contributed by atoms with Gasteiger partial charge in [-0.2, -0.15) is 5.26 Å². The lowest BCUT2D eigenvalue weighted by Gasteiger charge is -2.27. The van der Waals surface area contributed by atoms with E-state index < -0.39 is 73.0 Å². The molecule has 18 heteroatoms. The Balaban J connectivity index is 1.18.